The lowest BCUT2D eigenvalue weighted by Crippen LogP contribution is -2.15. The molecule has 0 radical (unpaired) electrons. The minimum absolute atomic E-state index is 0.0297. The Balaban J connectivity index is 1.51. The van der Waals surface area contributed by atoms with Crippen molar-refractivity contribution < 1.29 is 0 Å². The highest BCUT2D eigenvalue weighted by Gasteiger charge is 2.20. The van der Waals surface area contributed by atoms with Crippen LogP contribution in [-0.4, -0.2) is 4.40 Å². The topological polar surface area (TPSA) is 21.5 Å². The highest BCUT2D eigenvalue weighted by atomic mass is 16.1. The van der Waals surface area contributed by atoms with Gasteiger partial charge in [0.15, 0.2) is 0 Å². The monoisotopic (exact) mass is 511 g/mol. The van der Waals surface area contributed by atoms with Crippen molar-refractivity contribution in [1.29, 1.82) is 0 Å². The fourth-order valence-corrected chi connectivity index (χ4v) is 6.26. The zero-order chi connectivity index (χ0) is 26.6. The fourth-order valence-electron chi connectivity index (χ4n) is 6.26. The molecule has 0 spiro atoms. The van der Waals surface area contributed by atoms with Crippen molar-refractivity contribution in [3.8, 4) is 22.3 Å². The molecule has 8 rings (SSSR count). The minimum atomic E-state index is 0.0297. The third-order valence-corrected chi connectivity index (χ3v) is 8.21. The second kappa shape index (κ2) is 8.93. The molecule has 1 aliphatic carbocycles. The van der Waals surface area contributed by atoms with Crippen LogP contribution in [0.25, 0.3) is 67.2 Å². The van der Waals surface area contributed by atoms with Crippen molar-refractivity contribution >= 4 is 44.9 Å². The van der Waals surface area contributed by atoms with E-state index in [0.717, 1.165) is 61.1 Å². The van der Waals surface area contributed by atoms with Gasteiger partial charge in [0.2, 0.25) is 0 Å². The normalized spacial score (nSPS) is 12.8. The van der Waals surface area contributed by atoms with Gasteiger partial charge in [0, 0.05) is 21.6 Å². The molecular weight excluding hydrogens is 486 g/mol. The first-order chi connectivity index (χ1) is 19.8. The molecule has 0 atom stereocenters. The predicted molar refractivity (Wildman–Crippen MR) is 168 cm³/mol. The zero-order valence-corrected chi connectivity index (χ0v) is 21.8. The van der Waals surface area contributed by atoms with Gasteiger partial charge in [0.1, 0.15) is 0 Å². The number of aromatic nitrogens is 1. The molecule has 0 unspecified atom stereocenters. The Bertz CT molecular complexity index is 2230. The maximum Gasteiger partial charge on any atom is 0.263 e. The predicted octanol–water partition coefficient (Wildman–Crippen LogP) is 8.38. The van der Waals surface area contributed by atoms with Crippen molar-refractivity contribution in [2.75, 3.05) is 0 Å². The molecule has 0 N–H and O–H groups in total. The van der Waals surface area contributed by atoms with Crippen LogP contribution in [0.15, 0.2) is 132 Å². The molecule has 0 aliphatic heterocycles. The van der Waals surface area contributed by atoms with Crippen LogP contribution in [0, 0.1) is 0 Å². The molecule has 5 aromatic carbocycles. The van der Waals surface area contributed by atoms with Gasteiger partial charge in [0.05, 0.1) is 11.0 Å². The number of allylic oxidation sites excluding steroid dienone is 1. The van der Waals surface area contributed by atoms with Gasteiger partial charge in [-0.15, -0.1) is 0 Å². The standard InChI is InChI=1S/C38H25NO/c40-38-32-20-17-28(25-10-4-1-5-11-25)22-33(32)35-24-29(26-12-6-2-7-13-26)16-19-31-34-23-30(27-14-8-3-9-15-27)18-21-36(34)39(38)37(31)35/h1-15,17-24H,16H2. The van der Waals surface area contributed by atoms with E-state index in [1.807, 2.05) is 22.6 Å². The number of hydrogen-bond acceptors (Lipinski definition) is 1. The first-order valence-corrected chi connectivity index (χ1v) is 13.7. The Morgan fingerprint density at radius 2 is 1.10 bits per heavy atom. The number of pyridine rings is 1. The Morgan fingerprint density at radius 3 is 1.75 bits per heavy atom. The fraction of sp³-hybridized carbons (Fsp3) is 0.0263. The highest BCUT2D eigenvalue weighted by molar-refractivity contribution is 6.07. The molecule has 2 heteroatoms. The van der Waals surface area contributed by atoms with Gasteiger partial charge in [-0.2, -0.15) is 0 Å². The van der Waals surface area contributed by atoms with Gasteiger partial charge in [-0.1, -0.05) is 109 Å². The van der Waals surface area contributed by atoms with Crippen LogP contribution in [0.4, 0.5) is 0 Å². The van der Waals surface area contributed by atoms with Crippen molar-refractivity contribution in [2.24, 2.45) is 0 Å². The second-order valence-corrected chi connectivity index (χ2v) is 10.5. The first kappa shape index (κ1) is 22.7. The van der Waals surface area contributed by atoms with Gasteiger partial charge in [-0.25, -0.2) is 0 Å². The lowest BCUT2D eigenvalue weighted by Gasteiger charge is -2.11. The van der Waals surface area contributed by atoms with Gasteiger partial charge in [-0.3, -0.25) is 9.20 Å². The van der Waals surface area contributed by atoms with Crippen LogP contribution in [0.3, 0.4) is 0 Å². The van der Waals surface area contributed by atoms with Crippen molar-refractivity contribution in [2.45, 2.75) is 6.42 Å². The van der Waals surface area contributed by atoms with Crippen LogP contribution in [-0.2, 0) is 0 Å². The lowest BCUT2D eigenvalue weighted by molar-refractivity contribution is 1.19. The van der Waals surface area contributed by atoms with E-state index in [4.69, 9.17) is 0 Å². The maximum atomic E-state index is 14.2. The van der Waals surface area contributed by atoms with Gasteiger partial charge in [0.25, 0.3) is 5.56 Å². The molecule has 2 aromatic heterocycles. The Morgan fingerprint density at radius 1 is 0.525 bits per heavy atom. The summed E-state index contributed by atoms with van der Waals surface area (Å²) < 4.78 is 1.94. The van der Waals surface area contributed by atoms with E-state index in [1.54, 1.807) is 0 Å². The quantitative estimate of drug-likeness (QED) is 0.233. The summed E-state index contributed by atoms with van der Waals surface area (Å²) in [4.78, 5) is 14.2. The molecule has 1 aliphatic rings. The summed E-state index contributed by atoms with van der Waals surface area (Å²) in [5.41, 5.74) is 10.1. The van der Waals surface area contributed by atoms with E-state index in [-0.39, 0.29) is 5.56 Å². The Labute approximate surface area is 231 Å². The van der Waals surface area contributed by atoms with Crippen LogP contribution < -0.4 is 10.8 Å². The SMILES string of the molecule is O=c1c2ccc(-c3ccccc3)cc2c2c3c(c4cc(-c5ccccc5)ccc4n13)=CCC(c1ccccc1)=C2. The summed E-state index contributed by atoms with van der Waals surface area (Å²) in [6.07, 6.45) is 5.41. The number of fused-ring (bicyclic) bond motifs is 5. The largest absolute Gasteiger partial charge is 0.275 e. The molecule has 7 aromatic rings. The molecule has 188 valence electrons. The molecule has 2 heterocycles. The van der Waals surface area contributed by atoms with E-state index in [2.05, 4.69) is 121 Å². The van der Waals surface area contributed by atoms with Crippen molar-refractivity contribution in [1.82, 2.24) is 4.40 Å². The number of rotatable bonds is 3. The first-order valence-electron chi connectivity index (χ1n) is 13.7. The molecule has 2 nitrogen and oxygen atoms in total. The van der Waals surface area contributed by atoms with Crippen LogP contribution in [0.2, 0.25) is 0 Å². The molecule has 0 fully saturated rings. The van der Waals surface area contributed by atoms with E-state index in [0.29, 0.717) is 0 Å². The summed E-state index contributed by atoms with van der Waals surface area (Å²) in [6, 6.07) is 44.2. The van der Waals surface area contributed by atoms with Crippen molar-refractivity contribution in [3.63, 3.8) is 0 Å². The number of benzene rings is 5. The summed E-state index contributed by atoms with van der Waals surface area (Å²) in [6.45, 7) is 0. The van der Waals surface area contributed by atoms with Crippen LogP contribution in [0.1, 0.15) is 17.5 Å². The average molecular weight is 512 g/mol. The third-order valence-electron chi connectivity index (χ3n) is 8.21. The number of nitrogens with zero attached hydrogens (tertiary/aromatic N) is 1. The second-order valence-electron chi connectivity index (χ2n) is 10.5. The lowest BCUT2D eigenvalue weighted by atomic mass is 9.96. The van der Waals surface area contributed by atoms with Gasteiger partial charge >= 0.3 is 0 Å². The average Bonchev–Trinajstić information content (AvgIpc) is 3.21. The smallest absolute Gasteiger partial charge is 0.263 e. The van der Waals surface area contributed by atoms with Crippen LogP contribution >= 0.6 is 0 Å². The molecule has 0 amide bonds. The minimum Gasteiger partial charge on any atom is -0.275 e. The zero-order valence-electron chi connectivity index (χ0n) is 21.8. The highest BCUT2D eigenvalue weighted by Crippen LogP contribution is 2.34. The summed E-state index contributed by atoms with van der Waals surface area (Å²) in [5.74, 6) is 0. The molecule has 0 saturated heterocycles. The number of hydrogen-bond donors (Lipinski definition) is 0. The Hall–Kier alpha value is -5.21. The molecule has 0 saturated carbocycles. The maximum absolute atomic E-state index is 14.2. The van der Waals surface area contributed by atoms with E-state index in [9.17, 15) is 4.79 Å². The third kappa shape index (κ3) is 3.47. The summed E-state index contributed by atoms with van der Waals surface area (Å²) in [5, 5.41) is 3.98. The van der Waals surface area contributed by atoms with Gasteiger partial charge < -0.3 is 0 Å². The van der Waals surface area contributed by atoms with Crippen LogP contribution in [0.5, 0.6) is 0 Å². The summed E-state index contributed by atoms with van der Waals surface area (Å²) >= 11 is 0. The molecule has 40 heavy (non-hydrogen) atoms. The Kier molecular flexibility index (Phi) is 5.08. The van der Waals surface area contributed by atoms with E-state index in [1.165, 1.54) is 16.7 Å². The van der Waals surface area contributed by atoms with Gasteiger partial charge in [-0.05, 0) is 75.5 Å². The van der Waals surface area contributed by atoms with E-state index >= 15 is 0 Å². The van der Waals surface area contributed by atoms with E-state index < -0.39 is 0 Å². The molecule has 0 bridgehead atoms. The molecular formula is C38H25NO. The van der Waals surface area contributed by atoms with Crippen molar-refractivity contribution in [3.05, 3.63) is 154 Å². The summed E-state index contributed by atoms with van der Waals surface area (Å²) in [7, 11) is 0.